The van der Waals surface area contributed by atoms with Gasteiger partial charge in [-0.25, -0.2) is 5.43 Å². The zero-order chi connectivity index (χ0) is 20.5. The summed E-state index contributed by atoms with van der Waals surface area (Å²) in [7, 11) is 1.59. The van der Waals surface area contributed by atoms with Crippen molar-refractivity contribution in [1.82, 2.24) is 5.43 Å². The van der Waals surface area contributed by atoms with Gasteiger partial charge >= 0.3 is 0 Å². The number of amides is 1. The van der Waals surface area contributed by atoms with Crippen LogP contribution in [0.25, 0.3) is 0 Å². The lowest BCUT2D eigenvalue weighted by molar-refractivity contribution is -0.121. The smallest absolute Gasteiger partial charge is 0.262 e. The molecule has 1 unspecified atom stereocenters. The van der Waals surface area contributed by atoms with Crippen molar-refractivity contribution in [1.29, 1.82) is 0 Å². The van der Waals surface area contributed by atoms with Crippen LogP contribution in [-0.2, 0) is 4.79 Å². The van der Waals surface area contributed by atoms with Gasteiger partial charge < -0.3 is 14.8 Å². The van der Waals surface area contributed by atoms with Crippen LogP contribution in [0.5, 0.6) is 17.2 Å². The Hall–Kier alpha value is -3.80. The van der Waals surface area contributed by atoms with Gasteiger partial charge in [-0.1, -0.05) is 42.5 Å². The molecule has 0 saturated carbocycles. The summed E-state index contributed by atoms with van der Waals surface area (Å²) in [5.41, 5.74) is 4.10. The lowest BCUT2D eigenvalue weighted by Gasteiger charge is -2.15. The van der Waals surface area contributed by atoms with Gasteiger partial charge in [-0.05, 0) is 48.9 Å². The zero-order valence-electron chi connectivity index (χ0n) is 16.3. The van der Waals surface area contributed by atoms with Gasteiger partial charge in [0.25, 0.3) is 5.91 Å². The van der Waals surface area contributed by atoms with E-state index < -0.39 is 6.04 Å². The molecule has 0 aliphatic carbocycles. The van der Waals surface area contributed by atoms with Crippen molar-refractivity contribution in [2.45, 2.75) is 13.0 Å². The fraction of sp³-hybridized carbons (Fsp3) is 0.130. The number of para-hydroxylation sites is 3. The highest BCUT2D eigenvalue weighted by atomic mass is 16.5. The normalized spacial score (nSPS) is 11.7. The highest BCUT2D eigenvalue weighted by Gasteiger charge is 2.13. The summed E-state index contributed by atoms with van der Waals surface area (Å²) in [6.45, 7) is 1.76. The van der Waals surface area contributed by atoms with Crippen molar-refractivity contribution in [3.8, 4) is 17.2 Å². The third kappa shape index (κ3) is 5.84. The first-order valence-electron chi connectivity index (χ1n) is 9.21. The van der Waals surface area contributed by atoms with Crippen LogP contribution in [0.2, 0.25) is 0 Å². The number of benzene rings is 3. The number of nitrogens with zero attached hydrogens (tertiary/aromatic N) is 1. The van der Waals surface area contributed by atoms with Crippen LogP contribution in [0.15, 0.2) is 84.0 Å². The molecule has 0 radical (unpaired) electrons. The molecule has 0 aliphatic heterocycles. The Morgan fingerprint density at radius 1 is 0.966 bits per heavy atom. The number of methoxy groups -OCH3 is 1. The predicted octanol–water partition coefficient (Wildman–Crippen LogP) is 4.44. The lowest BCUT2D eigenvalue weighted by Crippen LogP contribution is -2.35. The Labute approximate surface area is 170 Å². The molecule has 0 saturated heterocycles. The Morgan fingerprint density at radius 2 is 1.69 bits per heavy atom. The van der Waals surface area contributed by atoms with E-state index in [4.69, 9.17) is 9.47 Å². The molecule has 6 heteroatoms. The third-order valence-corrected chi connectivity index (χ3v) is 4.10. The molecule has 6 nitrogen and oxygen atoms in total. The van der Waals surface area contributed by atoms with Gasteiger partial charge in [0.2, 0.25) is 0 Å². The Bertz CT molecular complexity index is 974. The Balaban J connectivity index is 1.56. The van der Waals surface area contributed by atoms with Crippen LogP contribution in [0, 0.1) is 0 Å². The number of carbonyl (C=O) groups is 1. The van der Waals surface area contributed by atoms with Crippen LogP contribution in [0.3, 0.4) is 0 Å². The first-order valence-corrected chi connectivity index (χ1v) is 9.21. The number of carbonyl (C=O) groups excluding carboxylic acids is 1. The highest BCUT2D eigenvalue weighted by molar-refractivity contribution is 5.87. The average molecular weight is 389 g/mol. The molecular formula is C23H23N3O3. The molecule has 0 fully saturated rings. The Kier molecular flexibility index (Phi) is 6.84. The van der Waals surface area contributed by atoms with Crippen molar-refractivity contribution < 1.29 is 14.3 Å². The number of hydrogen-bond donors (Lipinski definition) is 2. The maximum absolute atomic E-state index is 12.3. The van der Waals surface area contributed by atoms with E-state index in [0.717, 1.165) is 17.0 Å². The van der Waals surface area contributed by atoms with E-state index >= 15 is 0 Å². The van der Waals surface area contributed by atoms with Crippen molar-refractivity contribution in [2.24, 2.45) is 5.10 Å². The fourth-order valence-electron chi connectivity index (χ4n) is 2.61. The van der Waals surface area contributed by atoms with E-state index in [1.807, 2.05) is 78.9 Å². The third-order valence-electron chi connectivity index (χ3n) is 4.10. The van der Waals surface area contributed by atoms with Crippen LogP contribution < -0.4 is 20.2 Å². The van der Waals surface area contributed by atoms with E-state index in [9.17, 15) is 4.79 Å². The fourth-order valence-corrected chi connectivity index (χ4v) is 2.61. The maximum Gasteiger partial charge on any atom is 0.262 e. The van der Waals surface area contributed by atoms with Crippen LogP contribution in [-0.4, -0.2) is 25.3 Å². The largest absolute Gasteiger partial charge is 0.495 e. The first-order chi connectivity index (χ1) is 14.2. The van der Waals surface area contributed by atoms with Gasteiger partial charge in [0.05, 0.1) is 19.0 Å². The zero-order valence-corrected chi connectivity index (χ0v) is 16.3. The monoisotopic (exact) mass is 389 g/mol. The molecule has 3 rings (SSSR count). The average Bonchev–Trinajstić information content (AvgIpc) is 2.75. The summed E-state index contributed by atoms with van der Waals surface area (Å²) in [5, 5.41) is 7.16. The number of nitrogens with one attached hydrogen (secondary N) is 2. The van der Waals surface area contributed by atoms with Crippen LogP contribution in [0.4, 0.5) is 5.69 Å². The van der Waals surface area contributed by atoms with Gasteiger partial charge in [-0.15, -0.1) is 0 Å². The number of hydrogen-bond acceptors (Lipinski definition) is 5. The highest BCUT2D eigenvalue weighted by Crippen LogP contribution is 2.24. The van der Waals surface area contributed by atoms with Crippen molar-refractivity contribution in [2.75, 3.05) is 12.4 Å². The van der Waals surface area contributed by atoms with Crippen LogP contribution >= 0.6 is 0 Å². The second kappa shape index (κ2) is 9.94. The van der Waals surface area contributed by atoms with E-state index in [2.05, 4.69) is 15.8 Å². The molecule has 0 aliphatic rings. The molecule has 0 heterocycles. The first kappa shape index (κ1) is 19.9. The lowest BCUT2D eigenvalue weighted by atomic mass is 10.2. The molecule has 148 valence electrons. The minimum atomic E-state index is -0.490. The molecular weight excluding hydrogens is 366 g/mol. The van der Waals surface area contributed by atoms with E-state index in [-0.39, 0.29) is 5.91 Å². The molecule has 3 aromatic rings. The quantitative estimate of drug-likeness (QED) is 0.441. The van der Waals surface area contributed by atoms with Crippen molar-refractivity contribution in [3.63, 3.8) is 0 Å². The van der Waals surface area contributed by atoms with Crippen LogP contribution in [0.1, 0.15) is 12.5 Å². The summed E-state index contributed by atoms with van der Waals surface area (Å²) in [4.78, 5) is 12.3. The van der Waals surface area contributed by atoms with Gasteiger partial charge in [0, 0.05) is 0 Å². The molecule has 0 aromatic heterocycles. The van der Waals surface area contributed by atoms with Gasteiger partial charge in [0.1, 0.15) is 23.3 Å². The van der Waals surface area contributed by atoms with E-state index in [0.29, 0.717) is 11.5 Å². The van der Waals surface area contributed by atoms with Crippen molar-refractivity contribution >= 4 is 17.8 Å². The Morgan fingerprint density at radius 3 is 2.48 bits per heavy atom. The summed E-state index contributed by atoms with van der Waals surface area (Å²) in [6, 6.07) is 23.9. The van der Waals surface area contributed by atoms with E-state index in [1.54, 1.807) is 20.2 Å². The summed E-state index contributed by atoms with van der Waals surface area (Å²) >= 11 is 0. The topological polar surface area (TPSA) is 72.0 Å². The molecule has 3 aromatic carbocycles. The molecule has 0 spiro atoms. The van der Waals surface area contributed by atoms with Gasteiger partial charge in [-0.2, -0.15) is 5.10 Å². The summed E-state index contributed by atoms with van der Waals surface area (Å²) in [5.74, 6) is 1.86. The number of anilines is 1. The molecule has 0 bridgehead atoms. The number of hydrazone groups is 1. The molecule has 2 N–H and O–H groups in total. The van der Waals surface area contributed by atoms with Crippen molar-refractivity contribution in [3.05, 3.63) is 84.4 Å². The molecule has 29 heavy (non-hydrogen) atoms. The van der Waals surface area contributed by atoms with Gasteiger partial charge in [0.15, 0.2) is 0 Å². The number of ether oxygens (including phenoxy) is 2. The summed E-state index contributed by atoms with van der Waals surface area (Å²) in [6.07, 6.45) is 1.57. The van der Waals surface area contributed by atoms with E-state index in [1.165, 1.54) is 0 Å². The SMILES string of the molecule is COc1ccccc1NC(C)C(=O)N/N=C/c1cccc(Oc2ccccc2)c1. The minimum absolute atomic E-state index is 0.260. The second-order valence-corrected chi connectivity index (χ2v) is 6.29. The maximum atomic E-state index is 12.3. The number of rotatable bonds is 8. The predicted molar refractivity (Wildman–Crippen MR) is 115 cm³/mol. The minimum Gasteiger partial charge on any atom is -0.495 e. The standard InChI is InChI=1S/C23H23N3O3/c1-17(25-21-13-6-7-14-22(21)28-2)23(27)26-24-16-18-9-8-12-20(15-18)29-19-10-4-3-5-11-19/h3-17,25H,1-2H3,(H,26,27)/b24-16+. The molecule has 1 atom stereocenters. The van der Waals surface area contributed by atoms with Gasteiger partial charge in [-0.3, -0.25) is 4.79 Å². The molecule has 1 amide bonds. The summed E-state index contributed by atoms with van der Waals surface area (Å²) < 4.78 is 11.1. The second-order valence-electron chi connectivity index (χ2n) is 6.29.